The highest BCUT2D eigenvalue weighted by molar-refractivity contribution is 5.15. The van der Waals surface area contributed by atoms with Crippen molar-refractivity contribution in [2.75, 3.05) is 13.6 Å². The summed E-state index contributed by atoms with van der Waals surface area (Å²) >= 11 is 0. The van der Waals surface area contributed by atoms with Gasteiger partial charge in [0.1, 0.15) is 0 Å². The second kappa shape index (κ2) is 1.76. The summed E-state index contributed by atoms with van der Waals surface area (Å²) in [7, 11) is 1.92. The SMILES string of the molecule is CC1CC2(CN1C)CC2(F)F. The molecule has 3 heteroatoms. The first-order valence-electron chi connectivity index (χ1n) is 4.05. The third-order valence-corrected chi connectivity index (χ3v) is 3.20. The van der Waals surface area contributed by atoms with Crippen molar-refractivity contribution in [3.05, 3.63) is 0 Å². The second-order valence-corrected chi connectivity index (χ2v) is 4.13. The first kappa shape index (κ1) is 7.47. The van der Waals surface area contributed by atoms with Crippen molar-refractivity contribution in [2.45, 2.75) is 31.7 Å². The zero-order valence-electron chi connectivity index (χ0n) is 6.90. The van der Waals surface area contributed by atoms with E-state index in [1.165, 1.54) is 0 Å². The minimum Gasteiger partial charge on any atom is -0.303 e. The van der Waals surface area contributed by atoms with Gasteiger partial charge in [-0.2, -0.15) is 0 Å². The molecule has 1 nitrogen and oxygen atoms in total. The normalized spacial score (nSPS) is 48.5. The molecule has 0 radical (unpaired) electrons. The van der Waals surface area contributed by atoms with Crippen LogP contribution in [0.15, 0.2) is 0 Å². The van der Waals surface area contributed by atoms with Crippen molar-refractivity contribution < 1.29 is 8.78 Å². The van der Waals surface area contributed by atoms with Gasteiger partial charge in [-0.15, -0.1) is 0 Å². The van der Waals surface area contributed by atoms with Crippen molar-refractivity contribution in [3.63, 3.8) is 0 Å². The highest BCUT2D eigenvalue weighted by atomic mass is 19.3. The van der Waals surface area contributed by atoms with Crippen LogP contribution in [-0.4, -0.2) is 30.5 Å². The van der Waals surface area contributed by atoms with Crippen LogP contribution >= 0.6 is 0 Å². The Labute approximate surface area is 65.4 Å². The molecular weight excluding hydrogens is 148 g/mol. The van der Waals surface area contributed by atoms with Gasteiger partial charge in [0.2, 0.25) is 0 Å². The lowest BCUT2D eigenvalue weighted by Crippen LogP contribution is -2.22. The molecule has 0 aromatic heterocycles. The zero-order chi connectivity index (χ0) is 8.28. The Morgan fingerprint density at radius 2 is 2.00 bits per heavy atom. The van der Waals surface area contributed by atoms with Crippen LogP contribution < -0.4 is 0 Å². The molecule has 0 aromatic carbocycles. The van der Waals surface area contributed by atoms with E-state index in [0.29, 0.717) is 19.0 Å². The minimum absolute atomic E-state index is 0.120. The van der Waals surface area contributed by atoms with Crippen molar-refractivity contribution in [3.8, 4) is 0 Å². The van der Waals surface area contributed by atoms with Crippen molar-refractivity contribution in [1.29, 1.82) is 0 Å². The molecule has 0 N–H and O–H groups in total. The van der Waals surface area contributed by atoms with Gasteiger partial charge in [-0.05, 0) is 20.4 Å². The molecule has 64 valence electrons. The van der Waals surface area contributed by atoms with Gasteiger partial charge in [0.05, 0.1) is 5.41 Å². The number of likely N-dealkylation sites (tertiary alicyclic amines) is 1. The van der Waals surface area contributed by atoms with Gasteiger partial charge in [-0.3, -0.25) is 0 Å². The molecule has 1 saturated carbocycles. The Bertz CT molecular complexity index is 181. The summed E-state index contributed by atoms with van der Waals surface area (Å²) in [6.07, 6.45) is 0.797. The maximum absolute atomic E-state index is 12.8. The molecule has 0 bridgehead atoms. The molecule has 0 amide bonds. The Morgan fingerprint density at radius 1 is 1.45 bits per heavy atom. The van der Waals surface area contributed by atoms with Gasteiger partial charge in [0.15, 0.2) is 0 Å². The summed E-state index contributed by atoms with van der Waals surface area (Å²) in [5.74, 6) is -2.36. The van der Waals surface area contributed by atoms with Crippen LogP contribution in [0, 0.1) is 5.41 Å². The van der Waals surface area contributed by atoms with Crippen LogP contribution in [-0.2, 0) is 0 Å². The van der Waals surface area contributed by atoms with Gasteiger partial charge < -0.3 is 4.90 Å². The molecule has 1 saturated heterocycles. The molecule has 2 aliphatic rings. The number of rotatable bonds is 0. The number of alkyl halides is 2. The predicted molar refractivity (Wildman–Crippen MR) is 38.7 cm³/mol. The Hall–Kier alpha value is -0.180. The van der Waals surface area contributed by atoms with Crippen LogP contribution in [0.4, 0.5) is 8.78 Å². The summed E-state index contributed by atoms with van der Waals surface area (Å²) in [4.78, 5) is 2.03. The monoisotopic (exact) mass is 161 g/mol. The number of hydrogen-bond donors (Lipinski definition) is 0. The highest BCUT2D eigenvalue weighted by Crippen LogP contribution is 2.65. The lowest BCUT2D eigenvalue weighted by atomic mass is 10.0. The van der Waals surface area contributed by atoms with Gasteiger partial charge in [-0.25, -0.2) is 8.78 Å². The molecule has 2 atom stereocenters. The molecule has 2 fully saturated rings. The molecule has 1 aliphatic carbocycles. The Balaban J connectivity index is 2.12. The van der Waals surface area contributed by atoms with Gasteiger partial charge in [0.25, 0.3) is 5.92 Å². The van der Waals surface area contributed by atoms with Crippen LogP contribution in [0.5, 0.6) is 0 Å². The third-order valence-electron chi connectivity index (χ3n) is 3.20. The lowest BCUT2D eigenvalue weighted by molar-refractivity contribution is 0.0672. The molecule has 1 heterocycles. The highest BCUT2D eigenvalue weighted by Gasteiger charge is 2.73. The van der Waals surface area contributed by atoms with E-state index in [0.717, 1.165) is 0 Å². The quantitative estimate of drug-likeness (QED) is 0.523. The van der Waals surface area contributed by atoms with Crippen molar-refractivity contribution in [1.82, 2.24) is 4.90 Å². The Morgan fingerprint density at radius 3 is 2.18 bits per heavy atom. The summed E-state index contributed by atoms with van der Waals surface area (Å²) in [5, 5.41) is 0. The standard InChI is InChI=1S/C8H13F2N/c1-6-3-7(5-11(6)2)4-8(7,9)10/h6H,3-5H2,1-2H3. The maximum Gasteiger partial charge on any atom is 0.255 e. The average molecular weight is 161 g/mol. The van der Waals surface area contributed by atoms with Gasteiger partial charge in [-0.1, -0.05) is 0 Å². The number of hydrogen-bond acceptors (Lipinski definition) is 1. The average Bonchev–Trinajstić information content (AvgIpc) is 2.18. The maximum atomic E-state index is 12.8. The number of nitrogens with zero attached hydrogens (tertiary/aromatic N) is 1. The zero-order valence-corrected chi connectivity index (χ0v) is 6.90. The van der Waals surface area contributed by atoms with Crippen LogP contribution in [0.25, 0.3) is 0 Å². The van der Waals surface area contributed by atoms with E-state index in [1.54, 1.807) is 0 Å². The van der Waals surface area contributed by atoms with Crippen molar-refractivity contribution in [2.24, 2.45) is 5.41 Å². The first-order chi connectivity index (χ1) is 4.97. The van der Waals surface area contributed by atoms with E-state index in [1.807, 2.05) is 18.9 Å². The molecule has 1 aliphatic heterocycles. The molecular formula is C8H13F2N. The topological polar surface area (TPSA) is 3.24 Å². The summed E-state index contributed by atoms with van der Waals surface area (Å²) in [6, 6.07) is 0.336. The predicted octanol–water partition coefficient (Wildman–Crippen LogP) is 1.74. The molecule has 11 heavy (non-hydrogen) atoms. The summed E-state index contributed by atoms with van der Waals surface area (Å²) < 4.78 is 25.6. The fourth-order valence-electron chi connectivity index (χ4n) is 2.19. The van der Waals surface area contributed by atoms with Crippen LogP contribution in [0.2, 0.25) is 0 Å². The molecule has 2 rings (SSSR count). The van der Waals surface area contributed by atoms with Gasteiger partial charge in [0, 0.05) is 19.0 Å². The minimum atomic E-state index is -2.36. The van der Waals surface area contributed by atoms with Crippen LogP contribution in [0.1, 0.15) is 19.8 Å². The summed E-state index contributed by atoms with van der Waals surface area (Å²) in [6.45, 7) is 2.60. The van der Waals surface area contributed by atoms with E-state index in [9.17, 15) is 8.78 Å². The molecule has 2 unspecified atom stereocenters. The van der Waals surface area contributed by atoms with E-state index in [4.69, 9.17) is 0 Å². The lowest BCUT2D eigenvalue weighted by Gasteiger charge is -2.12. The second-order valence-electron chi connectivity index (χ2n) is 4.13. The van der Waals surface area contributed by atoms with E-state index in [2.05, 4.69) is 0 Å². The number of halogens is 2. The fourth-order valence-corrected chi connectivity index (χ4v) is 2.19. The first-order valence-corrected chi connectivity index (χ1v) is 4.05. The van der Waals surface area contributed by atoms with E-state index >= 15 is 0 Å². The fraction of sp³-hybridized carbons (Fsp3) is 1.00. The van der Waals surface area contributed by atoms with Crippen molar-refractivity contribution >= 4 is 0 Å². The Kier molecular flexibility index (Phi) is 1.20. The third kappa shape index (κ3) is 0.835. The molecule has 1 spiro atoms. The molecule has 0 aromatic rings. The largest absolute Gasteiger partial charge is 0.303 e. The smallest absolute Gasteiger partial charge is 0.255 e. The van der Waals surface area contributed by atoms with Gasteiger partial charge >= 0.3 is 0 Å². The summed E-state index contributed by atoms with van der Waals surface area (Å²) in [5.41, 5.74) is -0.624. The van der Waals surface area contributed by atoms with Crippen LogP contribution in [0.3, 0.4) is 0 Å². The van der Waals surface area contributed by atoms with E-state index < -0.39 is 11.3 Å². The van der Waals surface area contributed by atoms with E-state index in [-0.39, 0.29) is 6.42 Å².